The molecule has 2 aromatic rings. The smallest absolute Gasteiger partial charge is 0.253 e. The Balaban J connectivity index is 1.93. The minimum atomic E-state index is -0.155. The first kappa shape index (κ1) is 13.9. The van der Waals surface area contributed by atoms with E-state index in [1.807, 2.05) is 24.3 Å². The quantitative estimate of drug-likeness (QED) is 0.819. The second-order valence-electron chi connectivity index (χ2n) is 4.40. The Hall–Kier alpha value is -2.49. The Morgan fingerprint density at radius 3 is 2.60 bits per heavy atom. The maximum atomic E-state index is 12.0. The molecule has 0 radical (unpaired) electrons. The van der Waals surface area contributed by atoms with Crippen LogP contribution in [-0.2, 0) is 6.42 Å². The molecule has 4 nitrogen and oxygen atoms in total. The number of hydrogen-bond donors (Lipinski definition) is 2. The molecular formula is C16H18N2O2. The number of anilines is 1. The van der Waals surface area contributed by atoms with E-state index in [4.69, 9.17) is 10.5 Å². The molecule has 2 rings (SSSR count). The summed E-state index contributed by atoms with van der Waals surface area (Å²) >= 11 is 0. The van der Waals surface area contributed by atoms with Crippen molar-refractivity contribution in [2.24, 2.45) is 0 Å². The highest BCUT2D eigenvalue weighted by Gasteiger charge is 2.08. The molecule has 0 aliphatic heterocycles. The van der Waals surface area contributed by atoms with Crippen LogP contribution in [0.5, 0.6) is 5.75 Å². The molecule has 0 fully saturated rings. The molecule has 4 heteroatoms. The topological polar surface area (TPSA) is 64.3 Å². The summed E-state index contributed by atoms with van der Waals surface area (Å²) in [5.41, 5.74) is 7.83. The zero-order valence-corrected chi connectivity index (χ0v) is 11.4. The fraction of sp³-hybridized carbons (Fsp3) is 0.188. The van der Waals surface area contributed by atoms with Gasteiger partial charge in [-0.15, -0.1) is 0 Å². The van der Waals surface area contributed by atoms with Gasteiger partial charge in [0.15, 0.2) is 0 Å². The summed E-state index contributed by atoms with van der Waals surface area (Å²) in [6, 6.07) is 14.8. The number of nitrogen functional groups attached to an aromatic ring is 1. The van der Waals surface area contributed by atoms with Crippen molar-refractivity contribution in [3.8, 4) is 5.75 Å². The molecule has 0 unspecified atom stereocenters. The summed E-state index contributed by atoms with van der Waals surface area (Å²) in [5, 5.41) is 2.87. The minimum absolute atomic E-state index is 0.155. The summed E-state index contributed by atoms with van der Waals surface area (Å²) in [5.74, 6) is 0.680. The van der Waals surface area contributed by atoms with Gasteiger partial charge in [-0.1, -0.05) is 30.3 Å². The fourth-order valence-electron chi connectivity index (χ4n) is 2.02. The molecule has 0 bridgehead atoms. The third kappa shape index (κ3) is 3.29. The number of carbonyl (C=O) groups is 1. The van der Waals surface area contributed by atoms with E-state index in [0.717, 1.165) is 11.3 Å². The monoisotopic (exact) mass is 270 g/mol. The standard InChI is InChI=1S/C16H18N2O2/c1-20-15-9-5-2-6-12(15)10-11-18-16(19)13-7-3-4-8-14(13)17/h2-9H,10-11,17H2,1H3,(H,18,19). The molecule has 0 atom stereocenters. The van der Waals surface area contributed by atoms with Gasteiger partial charge >= 0.3 is 0 Å². The number of amides is 1. The van der Waals surface area contributed by atoms with E-state index in [-0.39, 0.29) is 5.91 Å². The number of nitrogens with one attached hydrogen (secondary N) is 1. The molecule has 0 saturated carbocycles. The number of ether oxygens (including phenoxy) is 1. The number of rotatable bonds is 5. The highest BCUT2D eigenvalue weighted by molar-refractivity contribution is 5.99. The van der Waals surface area contributed by atoms with Crippen molar-refractivity contribution in [1.82, 2.24) is 5.32 Å². The molecule has 0 aliphatic carbocycles. The number of benzene rings is 2. The maximum absolute atomic E-state index is 12.0. The molecule has 2 aromatic carbocycles. The van der Waals surface area contributed by atoms with Crippen molar-refractivity contribution < 1.29 is 9.53 Å². The third-order valence-electron chi connectivity index (χ3n) is 3.08. The molecule has 0 aliphatic rings. The van der Waals surface area contributed by atoms with Gasteiger partial charge in [0.2, 0.25) is 0 Å². The molecule has 0 spiro atoms. The number of carbonyl (C=O) groups excluding carboxylic acids is 1. The van der Waals surface area contributed by atoms with Crippen LogP contribution in [0.25, 0.3) is 0 Å². The molecular weight excluding hydrogens is 252 g/mol. The molecule has 0 aromatic heterocycles. The zero-order chi connectivity index (χ0) is 14.4. The predicted octanol–water partition coefficient (Wildman–Crippen LogP) is 2.25. The van der Waals surface area contributed by atoms with Crippen LogP contribution in [0.15, 0.2) is 48.5 Å². The van der Waals surface area contributed by atoms with E-state index >= 15 is 0 Å². The Morgan fingerprint density at radius 2 is 1.85 bits per heavy atom. The Morgan fingerprint density at radius 1 is 1.15 bits per heavy atom. The van der Waals surface area contributed by atoms with Crippen LogP contribution in [0.4, 0.5) is 5.69 Å². The average Bonchev–Trinajstić information content (AvgIpc) is 2.48. The minimum Gasteiger partial charge on any atom is -0.496 e. The molecule has 104 valence electrons. The van der Waals surface area contributed by atoms with Crippen LogP contribution >= 0.6 is 0 Å². The van der Waals surface area contributed by atoms with Gasteiger partial charge < -0.3 is 15.8 Å². The van der Waals surface area contributed by atoms with E-state index < -0.39 is 0 Å². The second kappa shape index (κ2) is 6.61. The predicted molar refractivity (Wildman–Crippen MR) is 79.9 cm³/mol. The van der Waals surface area contributed by atoms with Crippen molar-refractivity contribution in [2.75, 3.05) is 19.4 Å². The Kier molecular flexibility index (Phi) is 4.60. The van der Waals surface area contributed by atoms with E-state index in [2.05, 4.69) is 5.32 Å². The Labute approximate surface area is 118 Å². The van der Waals surface area contributed by atoms with Gasteiger partial charge in [-0.25, -0.2) is 0 Å². The average molecular weight is 270 g/mol. The number of para-hydroxylation sites is 2. The van der Waals surface area contributed by atoms with Crippen LogP contribution in [0, 0.1) is 0 Å². The normalized spacial score (nSPS) is 10.1. The van der Waals surface area contributed by atoms with Crippen LogP contribution in [0.2, 0.25) is 0 Å². The van der Waals surface area contributed by atoms with Crippen molar-refractivity contribution in [2.45, 2.75) is 6.42 Å². The lowest BCUT2D eigenvalue weighted by Crippen LogP contribution is -2.26. The summed E-state index contributed by atoms with van der Waals surface area (Å²) in [6.45, 7) is 0.535. The highest BCUT2D eigenvalue weighted by Crippen LogP contribution is 2.17. The van der Waals surface area contributed by atoms with E-state index in [1.165, 1.54) is 0 Å². The van der Waals surface area contributed by atoms with Crippen molar-refractivity contribution in [1.29, 1.82) is 0 Å². The van der Waals surface area contributed by atoms with Crippen LogP contribution in [-0.4, -0.2) is 19.6 Å². The maximum Gasteiger partial charge on any atom is 0.253 e. The van der Waals surface area contributed by atoms with Gasteiger partial charge in [-0.3, -0.25) is 4.79 Å². The summed E-state index contributed by atoms with van der Waals surface area (Å²) in [7, 11) is 1.64. The first-order valence-electron chi connectivity index (χ1n) is 6.47. The molecule has 0 heterocycles. The van der Waals surface area contributed by atoms with Gasteiger partial charge in [0.05, 0.1) is 12.7 Å². The van der Waals surface area contributed by atoms with E-state index in [9.17, 15) is 4.79 Å². The lowest BCUT2D eigenvalue weighted by atomic mass is 10.1. The number of hydrogen-bond acceptors (Lipinski definition) is 3. The SMILES string of the molecule is COc1ccccc1CCNC(=O)c1ccccc1N. The van der Waals surface area contributed by atoms with E-state index in [1.54, 1.807) is 31.4 Å². The molecule has 0 saturated heterocycles. The van der Waals surface area contributed by atoms with Gasteiger partial charge in [0.25, 0.3) is 5.91 Å². The summed E-state index contributed by atoms with van der Waals surface area (Å²) in [6.07, 6.45) is 0.711. The largest absolute Gasteiger partial charge is 0.496 e. The van der Waals surface area contributed by atoms with Crippen molar-refractivity contribution >= 4 is 11.6 Å². The summed E-state index contributed by atoms with van der Waals surface area (Å²) in [4.78, 5) is 12.0. The van der Waals surface area contributed by atoms with Crippen molar-refractivity contribution in [3.05, 3.63) is 59.7 Å². The first-order valence-corrected chi connectivity index (χ1v) is 6.47. The van der Waals surface area contributed by atoms with Gasteiger partial charge in [0, 0.05) is 12.2 Å². The lowest BCUT2D eigenvalue weighted by molar-refractivity contribution is 0.0955. The summed E-state index contributed by atoms with van der Waals surface area (Å²) < 4.78 is 5.27. The van der Waals surface area contributed by atoms with Gasteiger partial charge in [-0.2, -0.15) is 0 Å². The van der Waals surface area contributed by atoms with Gasteiger partial charge in [-0.05, 0) is 30.2 Å². The molecule has 20 heavy (non-hydrogen) atoms. The highest BCUT2D eigenvalue weighted by atomic mass is 16.5. The van der Waals surface area contributed by atoms with Crippen LogP contribution in [0.1, 0.15) is 15.9 Å². The fourth-order valence-corrected chi connectivity index (χ4v) is 2.02. The third-order valence-corrected chi connectivity index (χ3v) is 3.08. The second-order valence-corrected chi connectivity index (χ2v) is 4.40. The lowest BCUT2D eigenvalue weighted by Gasteiger charge is -2.10. The van der Waals surface area contributed by atoms with Crippen LogP contribution in [0.3, 0.4) is 0 Å². The first-order chi connectivity index (χ1) is 9.72. The van der Waals surface area contributed by atoms with Crippen molar-refractivity contribution in [3.63, 3.8) is 0 Å². The molecule has 1 amide bonds. The number of nitrogens with two attached hydrogens (primary N) is 1. The zero-order valence-electron chi connectivity index (χ0n) is 11.4. The Bertz CT molecular complexity index is 597. The molecule has 3 N–H and O–H groups in total. The van der Waals surface area contributed by atoms with Gasteiger partial charge in [0.1, 0.15) is 5.75 Å². The number of methoxy groups -OCH3 is 1. The van der Waals surface area contributed by atoms with Crippen LogP contribution < -0.4 is 15.8 Å². The van der Waals surface area contributed by atoms with E-state index in [0.29, 0.717) is 24.2 Å².